The lowest BCUT2D eigenvalue weighted by atomic mass is 10.1. The molecule has 0 fully saturated rings. The highest BCUT2D eigenvalue weighted by Gasteiger charge is 2.19. The maximum Gasteiger partial charge on any atom is 0.306 e. The first kappa shape index (κ1) is 60.6. The molecule has 0 aliphatic heterocycles. The van der Waals surface area contributed by atoms with Gasteiger partial charge < -0.3 is 14.2 Å². The summed E-state index contributed by atoms with van der Waals surface area (Å²) in [6.45, 7) is 6.49. The Hall–Kier alpha value is -3.41. The number of carbonyl (C=O) groups is 3. The molecule has 0 spiro atoms. The summed E-state index contributed by atoms with van der Waals surface area (Å²) in [5, 5.41) is 0. The summed E-state index contributed by atoms with van der Waals surface area (Å²) in [7, 11) is 0. The first-order chi connectivity index (χ1) is 31.5. The second-order valence-corrected chi connectivity index (χ2v) is 17.5. The number of allylic oxidation sites excluding steroid dienone is 14. The Kier molecular flexibility index (Phi) is 49.4. The number of hydrogen-bond acceptors (Lipinski definition) is 6. The summed E-state index contributed by atoms with van der Waals surface area (Å²) >= 11 is 0. The Morgan fingerprint density at radius 1 is 0.328 bits per heavy atom. The van der Waals surface area contributed by atoms with Gasteiger partial charge in [0.2, 0.25) is 0 Å². The van der Waals surface area contributed by atoms with E-state index in [2.05, 4.69) is 106 Å². The van der Waals surface area contributed by atoms with Crippen LogP contribution in [0.5, 0.6) is 0 Å². The third-order valence-corrected chi connectivity index (χ3v) is 11.2. The van der Waals surface area contributed by atoms with Crippen LogP contribution in [0.4, 0.5) is 0 Å². The van der Waals surface area contributed by atoms with Crippen molar-refractivity contribution in [2.45, 2.75) is 252 Å². The minimum Gasteiger partial charge on any atom is -0.462 e. The Bertz CT molecular complexity index is 1250. The lowest BCUT2D eigenvalue weighted by molar-refractivity contribution is -0.167. The molecule has 0 N–H and O–H groups in total. The fourth-order valence-corrected chi connectivity index (χ4v) is 7.10. The molecule has 6 heteroatoms. The van der Waals surface area contributed by atoms with Crippen molar-refractivity contribution in [1.29, 1.82) is 0 Å². The molecule has 6 nitrogen and oxygen atoms in total. The topological polar surface area (TPSA) is 78.9 Å². The van der Waals surface area contributed by atoms with Crippen molar-refractivity contribution in [2.75, 3.05) is 13.2 Å². The number of carbonyl (C=O) groups excluding carboxylic acids is 3. The summed E-state index contributed by atoms with van der Waals surface area (Å²) in [4.78, 5) is 38.0. The van der Waals surface area contributed by atoms with Gasteiger partial charge >= 0.3 is 17.9 Å². The van der Waals surface area contributed by atoms with Crippen LogP contribution in [0.25, 0.3) is 0 Å². The van der Waals surface area contributed by atoms with E-state index in [0.717, 1.165) is 109 Å². The van der Waals surface area contributed by atoms with Crippen molar-refractivity contribution in [3.63, 3.8) is 0 Å². The number of esters is 3. The summed E-state index contributed by atoms with van der Waals surface area (Å²) in [5.41, 5.74) is 0. The molecule has 366 valence electrons. The summed E-state index contributed by atoms with van der Waals surface area (Å²) < 4.78 is 16.8. The van der Waals surface area contributed by atoms with Gasteiger partial charge in [-0.2, -0.15) is 0 Å². The van der Waals surface area contributed by atoms with Crippen LogP contribution < -0.4 is 0 Å². The summed E-state index contributed by atoms with van der Waals surface area (Å²) in [5.74, 6) is -0.954. The molecule has 0 aromatic heterocycles. The van der Waals surface area contributed by atoms with Gasteiger partial charge in [-0.1, -0.05) is 215 Å². The highest BCUT2D eigenvalue weighted by atomic mass is 16.6. The molecular weight excluding hydrogens is 793 g/mol. The first-order valence-electron chi connectivity index (χ1n) is 26.6. The van der Waals surface area contributed by atoms with E-state index in [0.29, 0.717) is 19.3 Å². The molecular formula is C58H98O6. The molecule has 0 aliphatic rings. The summed E-state index contributed by atoms with van der Waals surface area (Å²) in [6.07, 6.45) is 67.1. The molecule has 1 unspecified atom stereocenters. The van der Waals surface area contributed by atoms with Gasteiger partial charge in [-0.15, -0.1) is 0 Å². The van der Waals surface area contributed by atoms with Crippen molar-refractivity contribution in [3.05, 3.63) is 85.1 Å². The zero-order chi connectivity index (χ0) is 46.5. The molecule has 1 atom stereocenters. The van der Waals surface area contributed by atoms with Gasteiger partial charge in [0, 0.05) is 19.3 Å². The SMILES string of the molecule is CCCC/C=C\C=C/CCCCCC(=O)OCC(COC(=O)CCCCCCC\C=C/C=C\C=C/CCCCCCC)OC(=O)CCCCCCCCC/C=C\C/C=C\CCCCC. The van der Waals surface area contributed by atoms with Gasteiger partial charge in [-0.05, 0) is 96.3 Å². The quantitative estimate of drug-likeness (QED) is 0.0199. The molecule has 0 radical (unpaired) electrons. The van der Waals surface area contributed by atoms with Crippen molar-refractivity contribution in [2.24, 2.45) is 0 Å². The van der Waals surface area contributed by atoms with Crippen molar-refractivity contribution in [3.8, 4) is 0 Å². The molecule has 0 aromatic rings. The fourth-order valence-electron chi connectivity index (χ4n) is 7.10. The highest BCUT2D eigenvalue weighted by Crippen LogP contribution is 2.14. The Labute approximate surface area is 395 Å². The number of unbranched alkanes of at least 4 members (excludes halogenated alkanes) is 25. The predicted octanol–water partition coefficient (Wildman–Crippen LogP) is 17.6. The predicted molar refractivity (Wildman–Crippen MR) is 274 cm³/mol. The van der Waals surface area contributed by atoms with Crippen LogP contribution in [0.15, 0.2) is 85.1 Å². The van der Waals surface area contributed by atoms with Gasteiger partial charge in [0.05, 0.1) is 0 Å². The number of hydrogen-bond donors (Lipinski definition) is 0. The molecule has 0 aliphatic carbocycles. The van der Waals surface area contributed by atoms with E-state index in [4.69, 9.17) is 14.2 Å². The van der Waals surface area contributed by atoms with Gasteiger partial charge in [0.25, 0.3) is 0 Å². The van der Waals surface area contributed by atoms with Crippen molar-refractivity contribution >= 4 is 17.9 Å². The smallest absolute Gasteiger partial charge is 0.306 e. The Morgan fingerprint density at radius 3 is 1.09 bits per heavy atom. The largest absolute Gasteiger partial charge is 0.462 e. The minimum atomic E-state index is -0.800. The first-order valence-corrected chi connectivity index (χ1v) is 26.6. The normalized spacial score (nSPS) is 12.7. The lowest BCUT2D eigenvalue weighted by Crippen LogP contribution is -2.30. The average Bonchev–Trinajstić information content (AvgIpc) is 3.29. The van der Waals surface area contributed by atoms with Gasteiger partial charge in [-0.3, -0.25) is 14.4 Å². The second kappa shape index (κ2) is 52.2. The van der Waals surface area contributed by atoms with Gasteiger partial charge in [-0.25, -0.2) is 0 Å². The van der Waals surface area contributed by atoms with Crippen LogP contribution in [0.3, 0.4) is 0 Å². The zero-order valence-electron chi connectivity index (χ0n) is 41.8. The maximum absolute atomic E-state index is 12.8. The van der Waals surface area contributed by atoms with Crippen LogP contribution >= 0.6 is 0 Å². The number of rotatable bonds is 47. The van der Waals surface area contributed by atoms with Crippen molar-refractivity contribution < 1.29 is 28.6 Å². The van der Waals surface area contributed by atoms with Crippen LogP contribution in [0.2, 0.25) is 0 Å². The monoisotopic (exact) mass is 891 g/mol. The third kappa shape index (κ3) is 49.6. The van der Waals surface area contributed by atoms with Crippen molar-refractivity contribution in [1.82, 2.24) is 0 Å². The molecule has 64 heavy (non-hydrogen) atoms. The van der Waals surface area contributed by atoms with E-state index in [1.54, 1.807) is 0 Å². The standard InChI is InChI=1S/C58H98O6/c1-4-7-10-13-16-19-22-24-26-28-30-31-33-36-39-42-45-48-51-57(60)63-54-55(53-62-56(59)50-47-44-41-38-35-21-18-15-12-9-6-3)64-58(61)52-49-46-43-40-37-34-32-29-27-25-23-20-17-14-11-8-5-2/h15,17-18,20-22,24-28,30-31,35,55H,4-14,16,19,23,29,32-34,36-54H2,1-3H3/b18-15-,20-17-,24-22-,27-25-,28-26-,31-30-,35-21-. The van der Waals surface area contributed by atoms with E-state index in [1.807, 2.05) is 0 Å². The second-order valence-electron chi connectivity index (χ2n) is 17.5. The van der Waals surface area contributed by atoms with E-state index in [-0.39, 0.29) is 31.1 Å². The highest BCUT2D eigenvalue weighted by molar-refractivity contribution is 5.71. The molecule has 0 amide bonds. The van der Waals surface area contributed by atoms with Crippen LogP contribution in [0, 0.1) is 0 Å². The van der Waals surface area contributed by atoms with Crippen LogP contribution in [0.1, 0.15) is 245 Å². The van der Waals surface area contributed by atoms with Gasteiger partial charge in [0.1, 0.15) is 13.2 Å². The van der Waals surface area contributed by atoms with Gasteiger partial charge in [0.15, 0.2) is 6.10 Å². The fraction of sp³-hybridized carbons (Fsp3) is 0.707. The van der Waals surface area contributed by atoms with Crippen LogP contribution in [-0.2, 0) is 28.6 Å². The number of ether oxygens (including phenoxy) is 3. The minimum absolute atomic E-state index is 0.0996. The molecule has 0 bridgehead atoms. The Balaban J connectivity index is 4.44. The average molecular weight is 891 g/mol. The lowest BCUT2D eigenvalue weighted by Gasteiger charge is -2.18. The van der Waals surface area contributed by atoms with E-state index in [9.17, 15) is 14.4 Å². The zero-order valence-corrected chi connectivity index (χ0v) is 41.8. The molecule has 0 aromatic carbocycles. The Morgan fingerprint density at radius 2 is 0.641 bits per heavy atom. The molecule has 0 saturated heterocycles. The van der Waals surface area contributed by atoms with E-state index in [1.165, 1.54) is 96.3 Å². The van der Waals surface area contributed by atoms with E-state index >= 15 is 0 Å². The molecule has 0 heterocycles. The molecule has 0 saturated carbocycles. The maximum atomic E-state index is 12.8. The van der Waals surface area contributed by atoms with E-state index < -0.39 is 6.10 Å². The third-order valence-electron chi connectivity index (χ3n) is 11.2. The van der Waals surface area contributed by atoms with Crippen LogP contribution in [-0.4, -0.2) is 37.2 Å². The molecule has 0 rings (SSSR count). The summed E-state index contributed by atoms with van der Waals surface area (Å²) in [6, 6.07) is 0.